The zero-order valence-corrected chi connectivity index (χ0v) is 51.3. The molecule has 10 N–H and O–H groups in total. The summed E-state index contributed by atoms with van der Waals surface area (Å²) in [7, 11) is -5.06. The molecule has 7 amide bonds. The van der Waals surface area contributed by atoms with Gasteiger partial charge in [0.05, 0.1) is 46.6 Å². The Hall–Kier alpha value is -7.92. The fraction of sp³-hybridized carbons (Fsp3) is 0.422. The number of aryl methyl sites for hydroxylation is 2. The van der Waals surface area contributed by atoms with Crippen molar-refractivity contribution in [1.29, 1.82) is 0 Å². The van der Waals surface area contributed by atoms with E-state index in [9.17, 15) is 57.8 Å². The first kappa shape index (κ1) is 63.1. The number of carbonyl (C=O) groups excluding carboxylic acids is 8. The third kappa shape index (κ3) is 14.1. The molecule has 1 aliphatic carbocycles. The zero-order valence-electron chi connectivity index (χ0n) is 49.6. The molecule has 0 bridgehead atoms. The topological polar surface area (TPSA) is 333 Å². The largest absolute Gasteiger partial charge is 0.396 e. The molecule has 7 atom stereocenters. The zero-order chi connectivity index (χ0) is 62.9. The number of anilines is 1. The van der Waals surface area contributed by atoms with E-state index >= 15 is 0 Å². The van der Waals surface area contributed by atoms with Crippen LogP contribution in [0.5, 0.6) is 0 Å². The summed E-state index contributed by atoms with van der Waals surface area (Å²) in [4.78, 5) is 139. The summed E-state index contributed by atoms with van der Waals surface area (Å²) in [6, 6.07) is 22.2. The Balaban J connectivity index is 0.708. The van der Waals surface area contributed by atoms with Gasteiger partial charge in [-0.15, -0.1) is 11.3 Å². The van der Waals surface area contributed by atoms with Gasteiger partial charge in [0.1, 0.15) is 29.9 Å². The van der Waals surface area contributed by atoms with E-state index in [2.05, 4.69) is 31.2 Å². The number of hydrogen-bond acceptors (Lipinski definition) is 13. The molecule has 2 fully saturated rings. The van der Waals surface area contributed by atoms with Gasteiger partial charge in [-0.05, 0) is 121 Å². The van der Waals surface area contributed by atoms with Crippen LogP contribution in [0.4, 0.5) is 5.69 Å². The predicted molar refractivity (Wildman–Crippen MR) is 328 cm³/mol. The Morgan fingerprint density at radius 3 is 2.30 bits per heavy atom. The fourth-order valence-corrected chi connectivity index (χ4v) is 13.7. The molecule has 24 heteroatoms. The first-order valence-electron chi connectivity index (χ1n) is 29.6. The Morgan fingerprint density at radius 2 is 1.61 bits per heavy atom. The summed E-state index contributed by atoms with van der Waals surface area (Å²) in [6.45, 7) is 9.71. The quantitative estimate of drug-likeness (QED) is 0.0354. The number of nitrogens with zero attached hydrogens (tertiary/aromatic N) is 3. The molecule has 464 valence electrons. The number of para-hydroxylation sites is 1. The van der Waals surface area contributed by atoms with Crippen molar-refractivity contribution in [3.8, 4) is 10.4 Å². The van der Waals surface area contributed by atoms with E-state index in [1.54, 1.807) is 23.8 Å². The van der Waals surface area contributed by atoms with Crippen molar-refractivity contribution < 1.29 is 62.6 Å². The van der Waals surface area contributed by atoms with Crippen molar-refractivity contribution >= 4 is 82.4 Å². The van der Waals surface area contributed by atoms with E-state index in [1.165, 1.54) is 34.1 Å². The van der Waals surface area contributed by atoms with Crippen LogP contribution in [0.25, 0.3) is 21.3 Å². The number of nitrogens with two attached hydrogens (primary N) is 1. The summed E-state index contributed by atoms with van der Waals surface area (Å²) in [6.07, 6.45) is 1.24. The Bertz CT molecular complexity index is 3720. The summed E-state index contributed by atoms with van der Waals surface area (Å²) in [5, 5.41) is 22.9. The number of hydrogen-bond donors (Lipinski definition) is 9. The number of nitrogens with one attached hydrogen (secondary N) is 5. The van der Waals surface area contributed by atoms with Gasteiger partial charge in [0, 0.05) is 55.2 Å². The van der Waals surface area contributed by atoms with Crippen LogP contribution in [0.3, 0.4) is 0 Å². The maximum Gasteiger partial charge on any atom is 0.396 e. The highest BCUT2D eigenvalue weighted by atomic mass is 32.1. The lowest BCUT2D eigenvalue weighted by atomic mass is 9.70. The van der Waals surface area contributed by atoms with Gasteiger partial charge in [-0.3, -0.25) is 47.8 Å². The standard InChI is InChI=1S/C64H74N9O13PS/c1-34-56(88-33-67-34)41-15-9-36(10-16-41)30-66-59(78)51-29-46(74)31-72(51)62(81)57(64(3,4)5)71-54(76)25-38-23-44(24-38)39-13-11-37(12-14-39)32-86-35(2)47(21-22-53(65)75)69-60(79)52-28-42-8-6-7-40-17-20-49(61(80)73(52)55(40)42)70-58(77)50-27-45-26-43(18-19-48(45)68-50)63(82)87(83,84)85/h6-16,18-19,26-27,33,35,38,44,46-47,49,51-52,57,68,74H,17,20-25,28-32H2,1-5H3,(H2,65,75)(H,66,78)(H,69,79)(H,70,77)(H,71,76)(H2,83,84,85)/t35-,38?,44?,46-,47+,49+,51+,52+,57-/m1/s1. The van der Waals surface area contributed by atoms with Crippen molar-refractivity contribution in [3.05, 3.63) is 141 Å². The maximum absolute atomic E-state index is 14.6. The minimum Gasteiger partial charge on any atom is -0.391 e. The molecule has 2 aromatic heterocycles. The number of likely N-dealkylation sites (tertiary alicyclic amines) is 1. The molecule has 1 saturated heterocycles. The highest BCUT2D eigenvalue weighted by Crippen LogP contribution is 2.44. The number of benzene rings is 4. The number of carbonyl (C=O) groups is 8. The van der Waals surface area contributed by atoms with Crippen LogP contribution in [-0.2, 0) is 64.1 Å². The number of primary amides is 1. The number of aromatic amines is 1. The van der Waals surface area contributed by atoms with Crippen LogP contribution in [0.2, 0.25) is 0 Å². The molecule has 4 aromatic carbocycles. The molecule has 88 heavy (non-hydrogen) atoms. The first-order valence-corrected chi connectivity index (χ1v) is 32.1. The van der Waals surface area contributed by atoms with Crippen molar-refractivity contribution in [2.75, 3.05) is 11.4 Å². The highest BCUT2D eigenvalue weighted by molar-refractivity contribution is 7.70. The molecule has 0 radical (unpaired) electrons. The molecule has 22 nitrogen and oxygen atoms in total. The summed E-state index contributed by atoms with van der Waals surface area (Å²) < 4.78 is 18.0. The van der Waals surface area contributed by atoms with Gasteiger partial charge in [-0.1, -0.05) is 87.5 Å². The summed E-state index contributed by atoms with van der Waals surface area (Å²) in [5.74, 6) is -2.96. The molecule has 6 aromatic rings. The number of β-amino-alcohol motifs (C(OH)–C–C–N with tert-alkyl or cyclic N) is 1. The highest BCUT2D eigenvalue weighted by Gasteiger charge is 2.47. The molecule has 0 spiro atoms. The monoisotopic (exact) mass is 1240 g/mol. The smallest absolute Gasteiger partial charge is 0.391 e. The Kier molecular flexibility index (Phi) is 18.7. The van der Waals surface area contributed by atoms with Crippen LogP contribution in [0, 0.1) is 18.3 Å². The minimum absolute atomic E-state index is 0.0244. The van der Waals surface area contributed by atoms with Gasteiger partial charge >= 0.3 is 7.60 Å². The molecule has 4 aliphatic rings. The SMILES string of the molecule is Cc1ncsc1-c1ccc(CNC(=O)[C@@H]2C[C@@H](O)CN2C(=O)[C@@H](NC(=O)CC2CC(c3ccc(CO[C@H](C)[C@H](CCC(N)=O)NC(=O)[C@@H]4Cc5cccc6c5N4C(=O)[C@@H](NC(=O)c4cc5cc(C(=O)P(=O)(O)O)ccc5[nH]4)CC6)cc3)C2)C(C)(C)C)cc1. The van der Waals surface area contributed by atoms with E-state index in [0.29, 0.717) is 23.0 Å². The van der Waals surface area contributed by atoms with Crippen LogP contribution in [-0.4, -0.2) is 126 Å². The van der Waals surface area contributed by atoms with E-state index in [0.717, 1.165) is 56.8 Å². The van der Waals surface area contributed by atoms with Crippen LogP contribution < -0.4 is 31.9 Å². The lowest BCUT2D eigenvalue weighted by Crippen LogP contribution is -2.58. The number of ether oxygens (including phenoxy) is 1. The van der Waals surface area contributed by atoms with E-state index in [1.807, 2.05) is 94.4 Å². The molecule has 10 rings (SSSR count). The second-order valence-corrected chi connectivity index (χ2v) is 27.2. The van der Waals surface area contributed by atoms with Crippen LogP contribution in [0.1, 0.15) is 133 Å². The lowest BCUT2D eigenvalue weighted by molar-refractivity contribution is -0.144. The molecule has 3 aliphatic heterocycles. The van der Waals surface area contributed by atoms with E-state index < -0.39 is 90.5 Å². The van der Waals surface area contributed by atoms with Gasteiger partial charge in [0.15, 0.2) is 0 Å². The number of thiazole rings is 1. The molecular weight excluding hydrogens is 1170 g/mol. The minimum atomic E-state index is -5.06. The maximum atomic E-state index is 14.6. The second kappa shape index (κ2) is 26.0. The van der Waals surface area contributed by atoms with Crippen molar-refractivity contribution in [2.45, 2.75) is 154 Å². The number of aliphatic hydroxyl groups excluding tert-OH is 1. The van der Waals surface area contributed by atoms with Crippen molar-refractivity contribution in [1.82, 2.24) is 36.1 Å². The number of aromatic nitrogens is 2. The van der Waals surface area contributed by atoms with Gasteiger partial charge in [-0.2, -0.15) is 0 Å². The molecule has 0 unspecified atom stereocenters. The van der Waals surface area contributed by atoms with E-state index in [-0.39, 0.29) is 93.1 Å². The molecule has 5 heterocycles. The Morgan fingerprint density at radius 1 is 0.898 bits per heavy atom. The van der Waals surface area contributed by atoms with Crippen molar-refractivity contribution in [2.24, 2.45) is 17.1 Å². The van der Waals surface area contributed by atoms with Crippen LogP contribution >= 0.6 is 18.9 Å². The summed E-state index contributed by atoms with van der Waals surface area (Å²) in [5.41, 5.74) is 12.6. The third-order valence-corrected chi connectivity index (χ3v) is 19.1. The normalized spacial score (nSPS) is 20.9. The molecular formula is C64H74N9O13PS. The van der Waals surface area contributed by atoms with Gasteiger partial charge in [0.2, 0.25) is 35.4 Å². The fourth-order valence-electron chi connectivity index (χ4n) is 12.4. The summed E-state index contributed by atoms with van der Waals surface area (Å²) >= 11 is 1.56. The van der Waals surface area contributed by atoms with E-state index in [4.69, 9.17) is 10.5 Å². The number of fused-ring (bicyclic) bond motifs is 1. The van der Waals surface area contributed by atoms with Crippen LogP contribution in [0.15, 0.2) is 96.5 Å². The Labute approximate surface area is 512 Å². The van der Waals surface area contributed by atoms with Gasteiger partial charge in [-0.25, -0.2) is 4.98 Å². The molecule has 1 saturated carbocycles. The number of amides is 7. The number of rotatable bonds is 22. The number of H-pyrrole nitrogens is 1. The van der Waals surface area contributed by atoms with Gasteiger partial charge < -0.3 is 56.5 Å². The first-order chi connectivity index (χ1) is 41.8. The average Bonchev–Trinajstić information content (AvgIpc) is 1.81. The van der Waals surface area contributed by atoms with Crippen molar-refractivity contribution in [3.63, 3.8) is 0 Å². The lowest BCUT2D eigenvalue weighted by Gasteiger charge is -2.38. The second-order valence-electron chi connectivity index (χ2n) is 24.8. The van der Waals surface area contributed by atoms with Gasteiger partial charge in [0.25, 0.3) is 11.4 Å². The third-order valence-electron chi connectivity index (χ3n) is 17.4. The predicted octanol–water partition coefficient (Wildman–Crippen LogP) is 5.97. The number of aliphatic hydroxyl groups is 1. The average molecular weight is 1240 g/mol.